The smallest absolute Gasteiger partial charge is 0 e. The molecule has 0 aliphatic heterocycles. The van der Waals surface area contributed by atoms with Crippen LogP contribution in [0.1, 0.15) is 0 Å². The number of hydrogen-bond donors (Lipinski definition) is 0. The molecule has 0 fully saturated rings. The Labute approximate surface area is 64.2 Å². The van der Waals surface area contributed by atoms with Gasteiger partial charge in [-0.25, -0.2) is 0 Å². The van der Waals surface area contributed by atoms with E-state index in [1.807, 2.05) is 0 Å². The Morgan fingerprint density at radius 2 is 1.00 bits per heavy atom. The van der Waals surface area contributed by atoms with Gasteiger partial charge in [0, 0.05) is 54.8 Å². The summed E-state index contributed by atoms with van der Waals surface area (Å²) in [5.41, 5.74) is 0. The van der Waals surface area contributed by atoms with E-state index in [0.717, 1.165) is 0 Å². The number of rotatable bonds is 0. The van der Waals surface area contributed by atoms with Crippen molar-refractivity contribution in [3.05, 3.63) is 0 Å². The van der Waals surface area contributed by atoms with Crippen LogP contribution in [0, 0.1) is 0 Å². The van der Waals surface area contributed by atoms with Gasteiger partial charge in [-0.3, -0.25) is 0 Å². The maximum atomic E-state index is 0. The molecule has 0 aromatic heterocycles. The maximum Gasteiger partial charge on any atom is 0 e. The molecular weight excluding hydrogens is 341 g/mol. The van der Waals surface area contributed by atoms with Gasteiger partial charge in [-0.2, -0.15) is 9.90 Å². The fourth-order valence-corrected chi connectivity index (χ4v) is 0. The Balaban J connectivity index is 0. The van der Waals surface area contributed by atoms with Gasteiger partial charge in [0.05, 0.1) is 0 Å². The fraction of sp³-hybridized carbons (Fsp3) is 0. The Bertz CT molecular complexity index is 8.00. The van der Waals surface area contributed by atoms with E-state index in [9.17, 15) is 0 Å². The van der Waals surface area contributed by atoms with E-state index in [2.05, 4.69) is 0 Å². The molecule has 0 rings (SSSR count). The molecule has 0 heterocycles. The summed E-state index contributed by atoms with van der Waals surface area (Å²) in [5.74, 6) is 0. The van der Waals surface area contributed by atoms with Gasteiger partial charge >= 0.3 is 0 Å². The van der Waals surface area contributed by atoms with Crippen LogP contribution in [-0.2, 0) is 0 Å². The predicted octanol–water partition coefficient (Wildman–Crippen LogP) is -1.08. The van der Waals surface area contributed by atoms with Crippen LogP contribution in [0.2, 0.25) is 0 Å². The molecule has 4 heteroatoms. The summed E-state index contributed by atoms with van der Waals surface area (Å²) in [6.45, 7) is 0. The average molecular weight is 344 g/mol. The van der Waals surface area contributed by atoms with Crippen LogP contribution < -0.4 is 0 Å². The molecule has 0 aromatic rings. The molecule has 0 saturated carbocycles. The third-order valence-corrected chi connectivity index (χ3v) is 0. The van der Waals surface area contributed by atoms with Crippen molar-refractivity contribution < 1.29 is 0 Å². The van der Waals surface area contributed by atoms with Gasteiger partial charge in [-0.15, -0.1) is 0 Å². The van der Waals surface area contributed by atoms with Crippen LogP contribution >= 0.6 is 9.90 Å². The van der Waals surface area contributed by atoms with E-state index in [1.54, 1.807) is 0 Å². The van der Waals surface area contributed by atoms with E-state index < -0.39 is 0 Å². The monoisotopic (exact) mass is 345 g/mol. The number of hydrogen-bond acceptors (Lipinski definition) is 0. The molecule has 21 valence electrons. The average Bonchev–Trinajstić information content (AvgIpc) is 0. The molecule has 0 N–H and O–H groups in total. The summed E-state index contributed by atoms with van der Waals surface area (Å²) in [6, 6.07) is 0. The zero-order chi connectivity index (χ0) is 0. The molecule has 0 aromatic carbocycles. The zero-order valence-corrected chi connectivity index (χ0v) is 10.1. The van der Waals surface area contributed by atoms with E-state index in [1.165, 1.54) is 0 Å². The fourth-order valence-electron chi connectivity index (χ4n) is 0. The van der Waals surface area contributed by atoms with Crippen LogP contribution in [0.4, 0.5) is 0 Å². The van der Waals surface area contributed by atoms with Crippen molar-refractivity contribution in [1.29, 1.82) is 0 Å². The van der Waals surface area contributed by atoms with Crippen LogP contribution in [0.25, 0.3) is 0 Å². The second kappa shape index (κ2) is 19.6. The first kappa shape index (κ1) is 36.4. The standard InChI is InChI=1S/Bi.Ge.H3P.Si/h;;1H3;. The Hall–Kier alpha value is 2.07. The minimum atomic E-state index is 0. The van der Waals surface area contributed by atoms with Crippen molar-refractivity contribution in [2.75, 3.05) is 0 Å². The van der Waals surface area contributed by atoms with Crippen molar-refractivity contribution in [1.82, 2.24) is 0 Å². The minimum absolute atomic E-state index is 0. The SMILES string of the molecule is P.[Bi].[Ge].[Si]. The molecule has 1 unspecified atom stereocenters. The molecule has 11 radical (unpaired) electrons. The van der Waals surface area contributed by atoms with E-state index >= 15 is 0 Å². The van der Waals surface area contributed by atoms with Gasteiger partial charge in [-0.1, -0.05) is 0 Å². The first-order valence-electron chi connectivity index (χ1n) is 0. The summed E-state index contributed by atoms with van der Waals surface area (Å²) in [6.07, 6.45) is 0. The predicted molar refractivity (Wildman–Crippen MR) is 28.4 cm³/mol. The summed E-state index contributed by atoms with van der Waals surface area (Å²) < 4.78 is 0. The summed E-state index contributed by atoms with van der Waals surface area (Å²) in [5, 5.41) is 0. The Morgan fingerprint density at radius 1 is 1.00 bits per heavy atom. The first-order chi connectivity index (χ1) is 0. The van der Waals surface area contributed by atoms with Crippen molar-refractivity contribution in [2.24, 2.45) is 0 Å². The van der Waals surface area contributed by atoms with Crippen molar-refractivity contribution in [3.63, 3.8) is 0 Å². The maximum absolute atomic E-state index is 0. The Kier molecular flexibility index (Phi) is 178. The third kappa shape index (κ3) is 8.95. The minimum Gasteiger partial charge on any atom is -0.153 e. The molecular formula is H3BiGePSi. The Morgan fingerprint density at radius 3 is 1.00 bits per heavy atom. The van der Waals surface area contributed by atoms with E-state index in [4.69, 9.17) is 0 Å². The van der Waals surface area contributed by atoms with Crippen molar-refractivity contribution in [3.8, 4) is 0 Å². The normalized spacial score (nSPS) is 0. The van der Waals surface area contributed by atoms with Crippen LogP contribution in [0.3, 0.4) is 0 Å². The molecule has 0 bridgehead atoms. The largest absolute Gasteiger partial charge is 0.153 e. The molecule has 0 amide bonds. The van der Waals surface area contributed by atoms with Gasteiger partial charge in [0.15, 0.2) is 0 Å². The van der Waals surface area contributed by atoms with Crippen LogP contribution in [-0.4, -0.2) is 54.8 Å². The van der Waals surface area contributed by atoms with E-state index in [-0.39, 0.29) is 64.7 Å². The second-order valence-electron chi connectivity index (χ2n) is 0. The summed E-state index contributed by atoms with van der Waals surface area (Å²) >= 11 is 0. The van der Waals surface area contributed by atoms with Gasteiger partial charge in [0.25, 0.3) is 0 Å². The topological polar surface area (TPSA) is 0 Å². The molecule has 4 heavy (non-hydrogen) atoms. The van der Waals surface area contributed by atoms with Gasteiger partial charge in [-0.05, 0) is 0 Å². The molecule has 0 aliphatic rings. The van der Waals surface area contributed by atoms with Crippen molar-refractivity contribution in [2.45, 2.75) is 0 Å². The van der Waals surface area contributed by atoms with Gasteiger partial charge in [0.2, 0.25) is 0 Å². The van der Waals surface area contributed by atoms with Crippen molar-refractivity contribution >= 4 is 64.7 Å². The van der Waals surface area contributed by atoms with Crippen LogP contribution in [0.5, 0.6) is 0 Å². The molecule has 0 nitrogen and oxygen atoms in total. The molecule has 0 aliphatic carbocycles. The van der Waals surface area contributed by atoms with Crippen LogP contribution in [0.15, 0.2) is 0 Å². The second-order valence-corrected chi connectivity index (χ2v) is 0. The third-order valence-electron chi connectivity index (χ3n) is 0. The van der Waals surface area contributed by atoms with E-state index in [0.29, 0.717) is 0 Å². The van der Waals surface area contributed by atoms with Gasteiger partial charge in [0.1, 0.15) is 0 Å². The molecule has 0 saturated heterocycles. The first-order valence-corrected chi connectivity index (χ1v) is 0. The van der Waals surface area contributed by atoms with Gasteiger partial charge < -0.3 is 0 Å². The molecule has 0 spiro atoms. The quantitative estimate of drug-likeness (QED) is 0.388. The zero-order valence-electron chi connectivity index (χ0n) is 2.15. The summed E-state index contributed by atoms with van der Waals surface area (Å²) in [7, 11) is 0. The molecule has 1 atom stereocenters. The summed E-state index contributed by atoms with van der Waals surface area (Å²) in [4.78, 5) is 0.